The normalized spacial score (nSPS) is 26.1. The standard InChI is InChI=1S/C13H16N2O3/c1-17-10-4-2-9(3-5-10)6-15-12-8-18-7-11(12)14-13(15)16/h2-5,11-12H,6-8H2,1H3,(H,14,16). The monoisotopic (exact) mass is 248 g/mol. The maximum Gasteiger partial charge on any atom is 0.318 e. The van der Waals surface area contributed by atoms with Crippen LogP contribution < -0.4 is 10.1 Å². The lowest BCUT2D eigenvalue weighted by molar-refractivity contribution is 0.147. The van der Waals surface area contributed by atoms with Crippen LogP contribution in [0.1, 0.15) is 5.56 Å². The number of benzene rings is 1. The zero-order valence-corrected chi connectivity index (χ0v) is 10.3. The molecule has 2 unspecified atom stereocenters. The van der Waals surface area contributed by atoms with Gasteiger partial charge in [0.2, 0.25) is 0 Å². The van der Waals surface area contributed by atoms with Crippen molar-refractivity contribution in [1.29, 1.82) is 0 Å². The third kappa shape index (κ3) is 1.90. The molecule has 0 saturated carbocycles. The van der Waals surface area contributed by atoms with Crippen molar-refractivity contribution in [1.82, 2.24) is 10.2 Å². The van der Waals surface area contributed by atoms with E-state index < -0.39 is 0 Å². The summed E-state index contributed by atoms with van der Waals surface area (Å²) in [5, 5.41) is 2.95. The summed E-state index contributed by atoms with van der Waals surface area (Å²) in [5.41, 5.74) is 1.10. The topological polar surface area (TPSA) is 50.8 Å². The number of hydrogen-bond acceptors (Lipinski definition) is 3. The van der Waals surface area contributed by atoms with E-state index in [2.05, 4.69) is 5.32 Å². The van der Waals surface area contributed by atoms with Crippen molar-refractivity contribution in [3.05, 3.63) is 29.8 Å². The Bertz CT molecular complexity index is 446. The molecule has 1 aromatic rings. The van der Waals surface area contributed by atoms with E-state index in [1.807, 2.05) is 29.2 Å². The van der Waals surface area contributed by atoms with E-state index in [4.69, 9.17) is 9.47 Å². The fraction of sp³-hybridized carbons (Fsp3) is 0.462. The molecule has 5 heteroatoms. The summed E-state index contributed by atoms with van der Waals surface area (Å²) in [5.74, 6) is 0.826. The lowest BCUT2D eigenvalue weighted by Gasteiger charge is -2.21. The highest BCUT2D eigenvalue weighted by atomic mass is 16.5. The molecule has 2 aliphatic heterocycles. The molecule has 0 spiro atoms. The highest BCUT2D eigenvalue weighted by Crippen LogP contribution is 2.23. The largest absolute Gasteiger partial charge is 0.497 e. The SMILES string of the molecule is COc1ccc(CN2C(=O)NC3COCC32)cc1. The summed E-state index contributed by atoms with van der Waals surface area (Å²) in [6.07, 6.45) is 0. The van der Waals surface area contributed by atoms with Gasteiger partial charge in [-0.15, -0.1) is 0 Å². The van der Waals surface area contributed by atoms with Crippen LogP contribution in [0.5, 0.6) is 5.75 Å². The van der Waals surface area contributed by atoms with E-state index in [1.165, 1.54) is 0 Å². The number of hydrogen-bond donors (Lipinski definition) is 1. The van der Waals surface area contributed by atoms with Crippen LogP contribution in [0.3, 0.4) is 0 Å². The first-order valence-electron chi connectivity index (χ1n) is 6.06. The van der Waals surface area contributed by atoms with Gasteiger partial charge in [0, 0.05) is 6.54 Å². The summed E-state index contributed by atoms with van der Waals surface area (Å²) >= 11 is 0. The van der Waals surface area contributed by atoms with E-state index in [9.17, 15) is 4.79 Å². The Morgan fingerprint density at radius 3 is 2.89 bits per heavy atom. The Labute approximate surface area is 106 Å². The second-order valence-corrected chi connectivity index (χ2v) is 4.64. The molecular weight excluding hydrogens is 232 g/mol. The van der Waals surface area contributed by atoms with Crippen molar-refractivity contribution >= 4 is 6.03 Å². The number of fused-ring (bicyclic) bond motifs is 1. The first-order valence-corrected chi connectivity index (χ1v) is 6.06. The van der Waals surface area contributed by atoms with Crippen LogP contribution in [0, 0.1) is 0 Å². The van der Waals surface area contributed by atoms with Crippen LogP contribution in [-0.2, 0) is 11.3 Å². The van der Waals surface area contributed by atoms with Gasteiger partial charge in [-0.1, -0.05) is 12.1 Å². The van der Waals surface area contributed by atoms with Gasteiger partial charge in [0.1, 0.15) is 5.75 Å². The Hall–Kier alpha value is -1.75. The van der Waals surface area contributed by atoms with Crippen molar-refractivity contribution in [2.24, 2.45) is 0 Å². The van der Waals surface area contributed by atoms with Gasteiger partial charge in [-0.05, 0) is 17.7 Å². The van der Waals surface area contributed by atoms with Crippen molar-refractivity contribution in [2.45, 2.75) is 18.6 Å². The van der Waals surface area contributed by atoms with Gasteiger partial charge in [-0.2, -0.15) is 0 Å². The molecule has 2 atom stereocenters. The summed E-state index contributed by atoms with van der Waals surface area (Å²) < 4.78 is 10.5. The van der Waals surface area contributed by atoms with Crippen LogP contribution >= 0.6 is 0 Å². The molecule has 0 aliphatic carbocycles. The molecule has 5 nitrogen and oxygen atoms in total. The fourth-order valence-electron chi connectivity index (χ4n) is 2.50. The van der Waals surface area contributed by atoms with Crippen molar-refractivity contribution in [3.63, 3.8) is 0 Å². The minimum atomic E-state index is 0.00381. The first-order chi connectivity index (χ1) is 8.78. The van der Waals surface area contributed by atoms with E-state index in [0.29, 0.717) is 19.8 Å². The highest BCUT2D eigenvalue weighted by Gasteiger charge is 2.42. The number of amides is 2. The number of rotatable bonds is 3. The number of nitrogens with zero attached hydrogens (tertiary/aromatic N) is 1. The third-order valence-electron chi connectivity index (χ3n) is 3.53. The molecule has 3 rings (SSSR count). The summed E-state index contributed by atoms with van der Waals surface area (Å²) in [7, 11) is 1.64. The molecular formula is C13H16N2O3. The summed E-state index contributed by atoms with van der Waals surface area (Å²) in [6, 6.07) is 8.10. The minimum Gasteiger partial charge on any atom is -0.497 e. The molecule has 18 heavy (non-hydrogen) atoms. The number of nitrogens with one attached hydrogen (secondary N) is 1. The number of carbonyl (C=O) groups is 1. The molecule has 2 aliphatic rings. The zero-order chi connectivity index (χ0) is 12.5. The molecule has 0 radical (unpaired) electrons. The molecule has 96 valence electrons. The molecule has 2 fully saturated rings. The Morgan fingerprint density at radius 2 is 2.17 bits per heavy atom. The van der Waals surface area contributed by atoms with E-state index >= 15 is 0 Å². The van der Waals surface area contributed by atoms with E-state index in [1.54, 1.807) is 7.11 Å². The molecule has 2 saturated heterocycles. The van der Waals surface area contributed by atoms with Gasteiger partial charge in [-0.25, -0.2) is 4.79 Å². The highest BCUT2D eigenvalue weighted by molar-refractivity contribution is 5.78. The predicted octanol–water partition coefficient (Wildman–Crippen LogP) is 0.988. The quantitative estimate of drug-likeness (QED) is 0.867. The van der Waals surface area contributed by atoms with Gasteiger partial charge < -0.3 is 19.7 Å². The van der Waals surface area contributed by atoms with Gasteiger partial charge in [-0.3, -0.25) is 0 Å². The maximum atomic E-state index is 11.8. The molecule has 0 aromatic heterocycles. The Kier molecular flexibility index (Phi) is 2.83. The Morgan fingerprint density at radius 1 is 1.39 bits per heavy atom. The van der Waals surface area contributed by atoms with Crippen molar-refractivity contribution in [2.75, 3.05) is 20.3 Å². The van der Waals surface area contributed by atoms with E-state index in [0.717, 1.165) is 11.3 Å². The smallest absolute Gasteiger partial charge is 0.318 e. The van der Waals surface area contributed by atoms with Crippen LogP contribution in [0.4, 0.5) is 4.79 Å². The maximum absolute atomic E-state index is 11.8. The fourth-order valence-corrected chi connectivity index (χ4v) is 2.50. The van der Waals surface area contributed by atoms with Gasteiger partial charge in [0.15, 0.2) is 0 Å². The number of urea groups is 1. The minimum absolute atomic E-state index is 0.00381. The van der Waals surface area contributed by atoms with Crippen LogP contribution in [0.2, 0.25) is 0 Å². The second-order valence-electron chi connectivity index (χ2n) is 4.64. The number of methoxy groups -OCH3 is 1. The number of ether oxygens (including phenoxy) is 2. The lowest BCUT2D eigenvalue weighted by atomic mass is 10.1. The van der Waals surface area contributed by atoms with Crippen LogP contribution in [0.25, 0.3) is 0 Å². The van der Waals surface area contributed by atoms with Crippen LogP contribution in [0.15, 0.2) is 24.3 Å². The van der Waals surface area contributed by atoms with Crippen molar-refractivity contribution < 1.29 is 14.3 Å². The van der Waals surface area contributed by atoms with Gasteiger partial charge in [0.05, 0.1) is 32.4 Å². The average Bonchev–Trinajstić information content (AvgIpc) is 2.94. The molecule has 1 N–H and O–H groups in total. The predicted molar refractivity (Wildman–Crippen MR) is 65.5 cm³/mol. The molecule has 2 heterocycles. The molecule has 0 bridgehead atoms. The second kappa shape index (κ2) is 4.49. The number of carbonyl (C=O) groups excluding carboxylic acids is 1. The van der Waals surface area contributed by atoms with E-state index in [-0.39, 0.29) is 18.1 Å². The molecule has 2 amide bonds. The lowest BCUT2D eigenvalue weighted by Crippen LogP contribution is -2.35. The zero-order valence-electron chi connectivity index (χ0n) is 10.3. The summed E-state index contributed by atoms with van der Waals surface area (Å²) in [6.45, 7) is 1.86. The van der Waals surface area contributed by atoms with Crippen LogP contribution in [-0.4, -0.2) is 43.3 Å². The average molecular weight is 248 g/mol. The first kappa shape index (κ1) is 11.3. The Balaban J connectivity index is 1.73. The molecule has 1 aromatic carbocycles. The third-order valence-corrected chi connectivity index (χ3v) is 3.53. The summed E-state index contributed by atoms with van der Waals surface area (Å²) in [4.78, 5) is 13.7. The van der Waals surface area contributed by atoms with Gasteiger partial charge >= 0.3 is 6.03 Å². The van der Waals surface area contributed by atoms with Crippen molar-refractivity contribution in [3.8, 4) is 5.75 Å². The van der Waals surface area contributed by atoms with Gasteiger partial charge in [0.25, 0.3) is 0 Å².